The number of aryl methyl sites for hydroxylation is 1. The van der Waals surface area contributed by atoms with Crippen molar-refractivity contribution < 1.29 is 9.90 Å². The summed E-state index contributed by atoms with van der Waals surface area (Å²) < 4.78 is 0. The van der Waals surface area contributed by atoms with Crippen LogP contribution in [0.1, 0.15) is 55.6 Å². The molecule has 1 amide bonds. The minimum absolute atomic E-state index is 0.0599. The summed E-state index contributed by atoms with van der Waals surface area (Å²) in [5.74, 6) is 0.382. The van der Waals surface area contributed by atoms with Crippen LogP contribution in [0.2, 0.25) is 0 Å². The van der Waals surface area contributed by atoms with E-state index in [9.17, 15) is 4.79 Å². The summed E-state index contributed by atoms with van der Waals surface area (Å²) in [7, 11) is 0. The Morgan fingerprint density at radius 3 is 2.95 bits per heavy atom. The van der Waals surface area contributed by atoms with Crippen LogP contribution in [0.15, 0.2) is 24.3 Å². The zero-order chi connectivity index (χ0) is 14.7. The number of likely N-dealkylation sites (tertiary alicyclic amines) is 1. The first-order valence-corrected chi connectivity index (χ1v) is 8.30. The fourth-order valence-corrected chi connectivity index (χ4v) is 3.96. The Morgan fingerprint density at radius 2 is 2.10 bits per heavy atom. The summed E-state index contributed by atoms with van der Waals surface area (Å²) in [6.45, 7) is 1.12. The molecule has 3 rings (SSSR count). The van der Waals surface area contributed by atoms with Gasteiger partial charge in [-0.2, -0.15) is 0 Å². The second-order valence-electron chi connectivity index (χ2n) is 6.34. The van der Waals surface area contributed by atoms with Gasteiger partial charge in [-0.25, -0.2) is 0 Å². The molecule has 0 radical (unpaired) electrons. The first-order valence-electron chi connectivity index (χ1n) is 8.30. The average molecular weight is 287 g/mol. The van der Waals surface area contributed by atoms with Crippen LogP contribution in [0.5, 0.6) is 0 Å². The smallest absolute Gasteiger partial charge is 0.230 e. The van der Waals surface area contributed by atoms with E-state index in [1.807, 2.05) is 0 Å². The molecule has 114 valence electrons. The fraction of sp³-hybridized carbons (Fsp3) is 0.611. The first-order chi connectivity index (χ1) is 10.3. The van der Waals surface area contributed by atoms with Crippen molar-refractivity contribution in [3.8, 4) is 0 Å². The normalized spacial score (nSPS) is 24.9. The van der Waals surface area contributed by atoms with Crippen LogP contribution >= 0.6 is 0 Å². The van der Waals surface area contributed by atoms with Gasteiger partial charge in [0.2, 0.25) is 5.91 Å². The molecule has 3 nitrogen and oxygen atoms in total. The maximum atomic E-state index is 13.0. The zero-order valence-electron chi connectivity index (χ0n) is 12.6. The lowest BCUT2D eigenvalue weighted by atomic mass is 9.82. The van der Waals surface area contributed by atoms with Gasteiger partial charge in [0.05, 0.1) is 5.92 Å². The number of aliphatic hydroxyl groups is 1. The number of fused-ring (bicyclic) bond motifs is 1. The monoisotopic (exact) mass is 287 g/mol. The van der Waals surface area contributed by atoms with Crippen molar-refractivity contribution in [2.24, 2.45) is 0 Å². The molecule has 1 saturated heterocycles. The van der Waals surface area contributed by atoms with E-state index in [1.54, 1.807) is 0 Å². The summed E-state index contributed by atoms with van der Waals surface area (Å²) in [6, 6.07) is 8.78. The molecule has 3 heteroatoms. The van der Waals surface area contributed by atoms with E-state index < -0.39 is 0 Å². The van der Waals surface area contributed by atoms with Crippen LogP contribution in [-0.2, 0) is 11.2 Å². The molecular formula is C18H25NO2. The molecule has 1 aliphatic carbocycles. The quantitative estimate of drug-likeness (QED) is 0.925. The predicted octanol–water partition coefficient (Wildman–Crippen LogP) is 2.87. The molecule has 1 aliphatic heterocycles. The lowest BCUT2D eigenvalue weighted by Crippen LogP contribution is -2.39. The lowest BCUT2D eigenvalue weighted by Gasteiger charge is -2.32. The van der Waals surface area contributed by atoms with E-state index in [-0.39, 0.29) is 12.5 Å². The van der Waals surface area contributed by atoms with Crippen molar-refractivity contribution in [3.63, 3.8) is 0 Å². The Morgan fingerprint density at radius 1 is 1.24 bits per heavy atom. The summed E-state index contributed by atoms with van der Waals surface area (Å²) in [4.78, 5) is 15.1. The van der Waals surface area contributed by atoms with Crippen LogP contribution in [-0.4, -0.2) is 35.1 Å². The van der Waals surface area contributed by atoms with Gasteiger partial charge in [0.25, 0.3) is 0 Å². The molecule has 1 heterocycles. The maximum absolute atomic E-state index is 13.0. The maximum Gasteiger partial charge on any atom is 0.230 e. The highest BCUT2D eigenvalue weighted by Gasteiger charge is 2.35. The van der Waals surface area contributed by atoms with Crippen LogP contribution < -0.4 is 0 Å². The summed E-state index contributed by atoms with van der Waals surface area (Å²) in [5.41, 5.74) is 2.61. The number of carbonyl (C=O) groups is 1. The topological polar surface area (TPSA) is 40.5 Å². The Labute approximate surface area is 127 Å². The number of hydrogen-bond donors (Lipinski definition) is 1. The number of nitrogens with zero attached hydrogens (tertiary/aromatic N) is 1. The molecule has 2 aliphatic rings. The average Bonchev–Trinajstić information content (AvgIpc) is 3.00. The molecule has 1 fully saturated rings. The molecule has 2 unspecified atom stereocenters. The molecule has 0 saturated carbocycles. The molecular weight excluding hydrogens is 262 g/mol. The van der Waals surface area contributed by atoms with Gasteiger partial charge in [0, 0.05) is 19.2 Å². The fourth-order valence-electron chi connectivity index (χ4n) is 3.96. The van der Waals surface area contributed by atoms with E-state index in [1.165, 1.54) is 11.1 Å². The van der Waals surface area contributed by atoms with Gasteiger partial charge >= 0.3 is 0 Å². The number of rotatable bonds is 4. The van der Waals surface area contributed by atoms with Gasteiger partial charge in [-0.05, 0) is 56.1 Å². The molecule has 2 atom stereocenters. The molecule has 0 aromatic heterocycles. The minimum Gasteiger partial charge on any atom is -0.396 e. The van der Waals surface area contributed by atoms with Crippen molar-refractivity contribution in [2.75, 3.05) is 13.2 Å². The highest BCUT2D eigenvalue weighted by Crippen LogP contribution is 2.35. The number of carbonyl (C=O) groups excluding carboxylic acids is 1. The van der Waals surface area contributed by atoms with Crippen molar-refractivity contribution >= 4 is 5.91 Å². The van der Waals surface area contributed by atoms with Crippen LogP contribution in [0.3, 0.4) is 0 Å². The first kappa shape index (κ1) is 14.6. The Kier molecular flexibility index (Phi) is 4.59. The molecule has 21 heavy (non-hydrogen) atoms. The van der Waals surface area contributed by atoms with E-state index in [4.69, 9.17) is 5.11 Å². The summed E-state index contributed by atoms with van der Waals surface area (Å²) in [5, 5.41) is 9.03. The van der Waals surface area contributed by atoms with Gasteiger partial charge in [-0.1, -0.05) is 24.3 Å². The van der Waals surface area contributed by atoms with Gasteiger partial charge in [0.1, 0.15) is 0 Å². The van der Waals surface area contributed by atoms with E-state index in [2.05, 4.69) is 29.2 Å². The Bertz CT molecular complexity index is 500. The van der Waals surface area contributed by atoms with Gasteiger partial charge in [0.15, 0.2) is 0 Å². The molecule has 0 spiro atoms. The highest BCUT2D eigenvalue weighted by atomic mass is 16.3. The minimum atomic E-state index is 0.0599. The Hall–Kier alpha value is -1.35. The third-order valence-electron chi connectivity index (χ3n) is 5.02. The number of hydrogen-bond acceptors (Lipinski definition) is 2. The standard InChI is InChI=1S/C18H25NO2/c20-13-5-9-15-8-4-12-19(15)18(21)17-11-3-7-14-6-1-2-10-16(14)17/h1-2,6,10,15,17,20H,3-5,7-9,11-13H2. The van der Waals surface area contributed by atoms with Crippen molar-refractivity contribution in [2.45, 2.75) is 56.9 Å². The van der Waals surface area contributed by atoms with Crippen molar-refractivity contribution in [1.82, 2.24) is 4.90 Å². The molecule has 1 aromatic carbocycles. The predicted molar refractivity (Wildman–Crippen MR) is 83.2 cm³/mol. The number of benzene rings is 1. The van der Waals surface area contributed by atoms with Crippen LogP contribution in [0.4, 0.5) is 0 Å². The lowest BCUT2D eigenvalue weighted by molar-refractivity contribution is -0.134. The second-order valence-corrected chi connectivity index (χ2v) is 6.34. The van der Waals surface area contributed by atoms with E-state index in [0.717, 1.165) is 51.5 Å². The van der Waals surface area contributed by atoms with Crippen molar-refractivity contribution in [1.29, 1.82) is 0 Å². The summed E-state index contributed by atoms with van der Waals surface area (Å²) >= 11 is 0. The largest absolute Gasteiger partial charge is 0.396 e. The number of amides is 1. The summed E-state index contributed by atoms with van der Waals surface area (Å²) in [6.07, 6.45) is 7.15. The zero-order valence-corrected chi connectivity index (χ0v) is 12.6. The van der Waals surface area contributed by atoms with Crippen LogP contribution in [0, 0.1) is 0 Å². The SMILES string of the molecule is O=C(C1CCCc2ccccc21)N1CCCC1CCCO. The van der Waals surface area contributed by atoms with Gasteiger partial charge in [-0.15, -0.1) is 0 Å². The van der Waals surface area contributed by atoms with Crippen LogP contribution in [0.25, 0.3) is 0 Å². The Balaban J connectivity index is 1.76. The van der Waals surface area contributed by atoms with Gasteiger partial charge < -0.3 is 10.0 Å². The van der Waals surface area contributed by atoms with Gasteiger partial charge in [-0.3, -0.25) is 4.79 Å². The highest BCUT2D eigenvalue weighted by molar-refractivity contribution is 5.85. The third kappa shape index (κ3) is 2.98. The number of aliphatic hydroxyl groups excluding tert-OH is 1. The molecule has 1 aromatic rings. The molecule has 1 N–H and O–H groups in total. The van der Waals surface area contributed by atoms with E-state index >= 15 is 0 Å². The second kappa shape index (κ2) is 6.61. The molecule has 0 bridgehead atoms. The third-order valence-corrected chi connectivity index (χ3v) is 5.02. The van der Waals surface area contributed by atoms with Crippen molar-refractivity contribution in [3.05, 3.63) is 35.4 Å². The van der Waals surface area contributed by atoms with E-state index in [0.29, 0.717) is 11.9 Å².